The Morgan fingerprint density at radius 3 is 2.24 bits per heavy atom. The Balaban J connectivity index is 3.56. The summed E-state index contributed by atoms with van der Waals surface area (Å²) in [7, 11) is 0. The molecule has 102 valence electrons. The summed E-state index contributed by atoms with van der Waals surface area (Å²) in [5.74, 6) is 0. The molecule has 3 N–H and O–H groups in total. The number of amides is 1. The third-order valence-electron chi connectivity index (χ3n) is 2.02. The van der Waals surface area contributed by atoms with E-state index >= 15 is 0 Å². The molecule has 0 saturated heterocycles. The van der Waals surface area contributed by atoms with Crippen molar-refractivity contribution < 1.29 is 14.6 Å². The fraction of sp³-hybridized carbons (Fsp3) is 0.917. The Kier molecular flexibility index (Phi) is 6.49. The molecule has 0 heterocycles. The molecule has 0 bridgehead atoms. The number of carbonyl (C=O) groups is 1. The molecule has 0 fully saturated rings. The first-order chi connectivity index (χ1) is 7.66. The van der Waals surface area contributed by atoms with E-state index in [1.54, 1.807) is 0 Å². The summed E-state index contributed by atoms with van der Waals surface area (Å²) in [6.45, 7) is 10.7. The normalized spacial score (nSPS) is 12.4. The SMILES string of the molecule is CC(C)(CO)NCCCNC(=O)OC(C)(C)C. The summed E-state index contributed by atoms with van der Waals surface area (Å²) in [4.78, 5) is 11.3. The van der Waals surface area contributed by atoms with E-state index in [9.17, 15) is 4.79 Å². The van der Waals surface area contributed by atoms with Crippen molar-refractivity contribution in [2.24, 2.45) is 0 Å². The van der Waals surface area contributed by atoms with Gasteiger partial charge in [-0.2, -0.15) is 0 Å². The van der Waals surface area contributed by atoms with Gasteiger partial charge in [0.05, 0.1) is 6.61 Å². The van der Waals surface area contributed by atoms with Gasteiger partial charge in [-0.25, -0.2) is 4.79 Å². The van der Waals surface area contributed by atoms with Gasteiger partial charge in [0.25, 0.3) is 0 Å². The van der Waals surface area contributed by atoms with Crippen LogP contribution in [-0.2, 0) is 4.74 Å². The zero-order chi connectivity index (χ0) is 13.5. The van der Waals surface area contributed by atoms with Gasteiger partial charge in [0.15, 0.2) is 0 Å². The van der Waals surface area contributed by atoms with Crippen LogP contribution in [0.5, 0.6) is 0 Å². The second-order valence-electron chi connectivity index (χ2n) is 5.75. The number of nitrogens with one attached hydrogen (secondary N) is 2. The number of hydrogen-bond acceptors (Lipinski definition) is 4. The van der Waals surface area contributed by atoms with Crippen LogP contribution in [0, 0.1) is 0 Å². The lowest BCUT2D eigenvalue weighted by molar-refractivity contribution is 0.0527. The molecule has 0 rings (SSSR count). The molecule has 0 atom stereocenters. The first kappa shape index (κ1) is 16.2. The average Bonchev–Trinajstić information content (AvgIpc) is 2.14. The van der Waals surface area contributed by atoms with E-state index < -0.39 is 5.60 Å². The molecule has 0 spiro atoms. The number of hydrogen-bond donors (Lipinski definition) is 3. The molecule has 0 aliphatic carbocycles. The van der Waals surface area contributed by atoms with Gasteiger partial charge in [0.2, 0.25) is 0 Å². The lowest BCUT2D eigenvalue weighted by atomic mass is 10.1. The Bertz CT molecular complexity index is 234. The first-order valence-electron chi connectivity index (χ1n) is 5.99. The Morgan fingerprint density at radius 2 is 1.76 bits per heavy atom. The monoisotopic (exact) mass is 246 g/mol. The molecule has 0 aromatic heterocycles. The van der Waals surface area contributed by atoms with E-state index in [-0.39, 0.29) is 18.2 Å². The smallest absolute Gasteiger partial charge is 0.407 e. The topological polar surface area (TPSA) is 70.6 Å². The third-order valence-corrected chi connectivity index (χ3v) is 2.02. The molecule has 17 heavy (non-hydrogen) atoms. The van der Waals surface area contributed by atoms with Gasteiger partial charge in [-0.1, -0.05) is 0 Å². The van der Waals surface area contributed by atoms with Crippen LogP contribution in [0.15, 0.2) is 0 Å². The molecule has 0 aromatic rings. The maximum absolute atomic E-state index is 11.3. The number of carbonyl (C=O) groups excluding carboxylic acids is 1. The minimum atomic E-state index is -0.457. The molecular formula is C12H26N2O3. The highest BCUT2D eigenvalue weighted by atomic mass is 16.6. The molecule has 0 aliphatic heterocycles. The fourth-order valence-corrected chi connectivity index (χ4v) is 1.08. The van der Waals surface area contributed by atoms with E-state index in [2.05, 4.69) is 10.6 Å². The van der Waals surface area contributed by atoms with E-state index in [1.165, 1.54) is 0 Å². The molecule has 5 heteroatoms. The van der Waals surface area contributed by atoms with Gasteiger partial charge in [-0.05, 0) is 47.6 Å². The quantitative estimate of drug-likeness (QED) is 0.617. The van der Waals surface area contributed by atoms with Crippen molar-refractivity contribution in [2.75, 3.05) is 19.7 Å². The minimum Gasteiger partial charge on any atom is -0.444 e. The molecular weight excluding hydrogens is 220 g/mol. The highest BCUT2D eigenvalue weighted by Crippen LogP contribution is 2.06. The van der Waals surface area contributed by atoms with Gasteiger partial charge in [0, 0.05) is 12.1 Å². The Hall–Kier alpha value is -0.810. The zero-order valence-electron chi connectivity index (χ0n) is 11.6. The van der Waals surface area contributed by atoms with E-state index in [4.69, 9.17) is 9.84 Å². The van der Waals surface area contributed by atoms with Crippen LogP contribution >= 0.6 is 0 Å². The van der Waals surface area contributed by atoms with Crippen molar-refractivity contribution in [1.82, 2.24) is 10.6 Å². The Morgan fingerprint density at radius 1 is 1.18 bits per heavy atom. The van der Waals surface area contributed by atoms with Gasteiger partial charge in [-0.15, -0.1) is 0 Å². The maximum Gasteiger partial charge on any atom is 0.407 e. The highest BCUT2D eigenvalue weighted by molar-refractivity contribution is 5.67. The molecule has 0 unspecified atom stereocenters. The maximum atomic E-state index is 11.3. The molecule has 1 amide bonds. The molecule has 0 aromatic carbocycles. The lowest BCUT2D eigenvalue weighted by Gasteiger charge is -2.23. The van der Waals surface area contributed by atoms with Crippen LogP contribution in [0.2, 0.25) is 0 Å². The number of aliphatic hydroxyl groups is 1. The van der Waals surface area contributed by atoms with Crippen molar-refractivity contribution in [3.8, 4) is 0 Å². The van der Waals surface area contributed by atoms with Crippen LogP contribution in [0.4, 0.5) is 4.79 Å². The molecule has 5 nitrogen and oxygen atoms in total. The van der Waals surface area contributed by atoms with Crippen LogP contribution in [0.3, 0.4) is 0 Å². The fourth-order valence-electron chi connectivity index (χ4n) is 1.08. The first-order valence-corrected chi connectivity index (χ1v) is 5.99. The van der Waals surface area contributed by atoms with Crippen molar-refractivity contribution in [3.05, 3.63) is 0 Å². The van der Waals surface area contributed by atoms with Crippen LogP contribution in [0.1, 0.15) is 41.0 Å². The van der Waals surface area contributed by atoms with Crippen molar-refractivity contribution in [2.45, 2.75) is 52.2 Å². The van der Waals surface area contributed by atoms with Crippen LogP contribution in [0.25, 0.3) is 0 Å². The van der Waals surface area contributed by atoms with Gasteiger partial charge >= 0.3 is 6.09 Å². The summed E-state index contributed by atoms with van der Waals surface area (Å²) in [6, 6.07) is 0. The Labute approximate surface area is 104 Å². The summed E-state index contributed by atoms with van der Waals surface area (Å²) in [5, 5.41) is 14.9. The average molecular weight is 246 g/mol. The number of ether oxygens (including phenoxy) is 1. The number of alkyl carbamates (subject to hydrolysis) is 1. The van der Waals surface area contributed by atoms with E-state index in [0.29, 0.717) is 6.54 Å². The summed E-state index contributed by atoms with van der Waals surface area (Å²) in [6.07, 6.45) is 0.404. The van der Waals surface area contributed by atoms with Crippen LogP contribution < -0.4 is 10.6 Å². The summed E-state index contributed by atoms with van der Waals surface area (Å²) >= 11 is 0. The molecule has 0 aliphatic rings. The number of aliphatic hydroxyl groups excluding tert-OH is 1. The number of rotatable bonds is 6. The van der Waals surface area contributed by atoms with Crippen molar-refractivity contribution in [3.63, 3.8) is 0 Å². The lowest BCUT2D eigenvalue weighted by Crippen LogP contribution is -2.44. The summed E-state index contributed by atoms with van der Waals surface area (Å²) < 4.78 is 5.10. The van der Waals surface area contributed by atoms with Crippen LogP contribution in [-0.4, -0.2) is 42.0 Å². The molecule has 0 saturated carbocycles. The van der Waals surface area contributed by atoms with Gasteiger partial charge < -0.3 is 20.5 Å². The van der Waals surface area contributed by atoms with Crippen molar-refractivity contribution >= 4 is 6.09 Å². The predicted molar refractivity (Wildman–Crippen MR) is 68.0 cm³/mol. The summed E-state index contributed by atoms with van der Waals surface area (Å²) in [5.41, 5.74) is -0.729. The second-order valence-corrected chi connectivity index (χ2v) is 5.75. The van der Waals surface area contributed by atoms with Crippen molar-refractivity contribution in [1.29, 1.82) is 0 Å². The van der Waals surface area contributed by atoms with E-state index in [1.807, 2.05) is 34.6 Å². The molecule has 0 radical (unpaired) electrons. The zero-order valence-corrected chi connectivity index (χ0v) is 11.6. The standard InChI is InChI=1S/C12H26N2O3/c1-11(2,3)17-10(16)13-7-6-8-14-12(4,5)9-15/h14-15H,6-9H2,1-5H3,(H,13,16). The largest absolute Gasteiger partial charge is 0.444 e. The highest BCUT2D eigenvalue weighted by Gasteiger charge is 2.16. The second kappa shape index (κ2) is 6.81. The van der Waals surface area contributed by atoms with Gasteiger partial charge in [0.1, 0.15) is 5.60 Å². The van der Waals surface area contributed by atoms with Gasteiger partial charge in [-0.3, -0.25) is 0 Å². The van der Waals surface area contributed by atoms with E-state index in [0.717, 1.165) is 13.0 Å². The minimum absolute atomic E-state index is 0.0898. The third kappa shape index (κ3) is 10.1. The predicted octanol–water partition coefficient (Wildman–Crippen LogP) is 1.26.